The van der Waals surface area contributed by atoms with Crippen LogP contribution in [0.15, 0.2) is 52.2 Å². The normalized spacial score (nSPS) is 17.4. The number of anilines is 1. The van der Waals surface area contributed by atoms with Crippen LogP contribution in [-0.4, -0.2) is 30.8 Å². The number of nitrogens with zero attached hydrogens (tertiary/aromatic N) is 2. The quantitative estimate of drug-likeness (QED) is 0.886. The molecule has 8 heteroatoms. The Kier molecular flexibility index (Phi) is 4.63. The molecule has 25 heavy (non-hydrogen) atoms. The van der Waals surface area contributed by atoms with Crippen LogP contribution < -0.4 is 4.72 Å². The van der Waals surface area contributed by atoms with E-state index in [4.69, 9.17) is 4.42 Å². The number of carbonyl (C=O) groups excluding carboxylic acids is 1. The molecule has 0 unspecified atom stereocenters. The molecule has 1 atom stereocenters. The summed E-state index contributed by atoms with van der Waals surface area (Å²) in [6, 6.07) is 10.3. The number of benzene rings is 1. The van der Waals surface area contributed by atoms with Gasteiger partial charge in [-0.15, -0.1) is 0 Å². The summed E-state index contributed by atoms with van der Waals surface area (Å²) in [7, 11) is -3.35. The molecule has 0 radical (unpaired) electrons. The van der Waals surface area contributed by atoms with Crippen LogP contribution in [0.4, 0.5) is 5.69 Å². The fourth-order valence-corrected chi connectivity index (χ4v) is 3.32. The van der Waals surface area contributed by atoms with E-state index in [9.17, 15) is 13.2 Å². The first-order chi connectivity index (χ1) is 11.9. The van der Waals surface area contributed by atoms with Crippen molar-refractivity contribution in [3.05, 3.63) is 54.0 Å². The summed E-state index contributed by atoms with van der Waals surface area (Å²) >= 11 is 0. The standard InChI is InChI=1S/C17H19N3O4S/c1-3-25(22,23)19-14-7-4-6-13(10-14)15-11-16(17-8-5-9-24-17)20(18-15)12(2)21/h4-10,16,19H,3,11H2,1-2H3/t16-/m1/s1. The summed E-state index contributed by atoms with van der Waals surface area (Å²) in [5, 5.41) is 5.82. The number of amides is 1. The van der Waals surface area contributed by atoms with E-state index in [1.54, 1.807) is 37.5 Å². The molecule has 2 aromatic rings. The highest BCUT2D eigenvalue weighted by atomic mass is 32.2. The highest BCUT2D eigenvalue weighted by molar-refractivity contribution is 7.92. The van der Waals surface area contributed by atoms with Gasteiger partial charge < -0.3 is 4.42 Å². The number of rotatable bonds is 5. The molecule has 1 aromatic carbocycles. The molecule has 3 rings (SSSR count). The maximum Gasteiger partial charge on any atom is 0.240 e. The summed E-state index contributed by atoms with van der Waals surface area (Å²) in [5.74, 6) is 0.479. The fourth-order valence-electron chi connectivity index (χ4n) is 2.69. The number of hydrazone groups is 1. The molecule has 0 saturated carbocycles. The van der Waals surface area contributed by atoms with E-state index in [1.165, 1.54) is 11.9 Å². The van der Waals surface area contributed by atoms with Gasteiger partial charge in [-0.2, -0.15) is 5.10 Å². The van der Waals surface area contributed by atoms with Crippen LogP contribution in [0.25, 0.3) is 0 Å². The number of carbonyl (C=O) groups is 1. The second-order valence-corrected chi connectivity index (χ2v) is 7.74. The minimum atomic E-state index is -3.35. The van der Waals surface area contributed by atoms with Crippen LogP contribution in [0.1, 0.15) is 37.6 Å². The van der Waals surface area contributed by atoms with Gasteiger partial charge in [-0.25, -0.2) is 13.4 Å². The molecule has 0 fully saturated rings. The maximum atomic E-state index is 11.9. The zero-order valence-corrected chi connectivity index (χ0v) is 14.8. The molecule has 1 N–H and O–H groups in total. The molecule has 7 nitrogen and oxygen atoms in total. The summed E-state index contributed by atoms with van der Waals surface area (Å²) in [4.78, 5) is 11.9. The van der Waals surface area contributed by atoms with Crippen LogP contribution in [-0.2, 0) is 14.8 Å². The molecule has 2 heterocycles. The third kappa shape index (κ3) is 3.74. The Morgan fingerprint density at radius 1 is 1.36 bits per heavy atom. The Labute approximate surface area is 146 Å². The van der Waals surface area contributed by atoms with Crippen molar-refractivity contribution in [3.63, 3.8) is 0 Å². The van der Waals surface area contributed by atoms with E-state index in [1.807, 2.05) is 12.1 Å². The summed E-state index contributed by atoms with van der Waals surface area (Å²) < 4.78 is 31.4. The van der Waals surface area contributed by atoms with Gasteiger partial charge in [-0.05, 0) is 36.8 Å². The van der Waals surface area contributed by atoms with Gasteiger partial charge in [0.25, 0.3) is 0 Å². The van der Waals surface area contributed by atoms with Crippen molar-refractivity contribution >= 4 is 27.3 Å². The lowest BCUT2D eigenvalue weighted by molar-refractivity contribution is -0.130. The van der Waals surface area contributed by atoms with Crippen molar-refractivity contribution in [2.24, 2.45) is 5.10 Å². The lowest BCUT2D eigenvalue weighted by atomic mass is 10.0. The fraction of sp³-hybridized carbons (Fsp3) is 0.294. The average molecular weight is 361 g/mol. The van der Waals surface area contributed by atoms with Crippen LogP contribution in [0.3, 0.4) is 0 Å². The molecule has 1 amide bonds. The monoisotopic (exact) mass is 361 g/mol. The zero-order valence-electron chi connectivity index (χ0n) is 14.0. The van der Waals surface area contributed by atoms with Crippen LogP contribution in [0.2, 0.25) is 0 Å². The number of hydrogen-bond acceptors (Lipinski definition) is 5. The molecular weight excluding hydrogens is 342 g/mol. The first-order valence-corrected chi connectivity index (χ1v) is 9.56. The molecule has 0 aliphatic carbocycles. The second kappa shape index (κ2) is 6.72. The third-order valence-electron chi connectivity index (χ3n) is 3.95. The molecule has 1 aliphatic heterocycles. The predicted octanol–water partition coefficient (Wildman–Crippen LogP) is 2.74. The maximum absolute atomic E-state index is 11.9. The van der Waals surface area contributed by atoms with Crippen molar-refractivity contribution in [1.29, 1.82) is 0 Å². The van der Waals surface area contributed by atoms with Gasteiger partial charge >= 0.3 is 0 Å². The minimum Gasteiger partial charge on any atom is -0.467 e. The van der Waals surface area contributed by atoms with Gasteiger partial charge in [-0.3, -0.25) is 9.52 Å². The van der Waals surface area contributed by atoms with Crippen LogP contribution in [0.5, 0.6) is 0 Å². The first kappa shape index (κ1) is 17.2. The van der Waals surface area contributed by atoms with Crippen LogP contribution in [0, 0.1) is 0 Å². The van der Waals surface area contributed by atoms with Gasteiger partial charge in [-0.1, -0.05) is 12.1 Å². The van der Waals surface area contributed by atoms with Crippen molar-refractivity contribution < 1.29 is 17.6 Å². The van der Waals surface area contributed by atoms with Gasteiger partial charge in [0.1, 0.15) is 11.8 Å². The number of sulfonamides is 1. The van der Waals surface area contributed by atoms with Crippen molar-refractivity contribution in [2.75, 3.05) is 10.5 Å². The van der Waals surface area contributed by atoms with Gasteiger partial charge in [0.05, 0.1) is 17.7 Å². The number of nitrogens with one attached hydrogen (secondary N) is 1. The van der Waals surface area contributed by atoms with E-state index >= 15 is 0 Å². The third-order valence-corrected chi connectivity index (χ3v) is 5.26. The Balaban J connectivity index is 1.89. The zero-order chi connectivity index (χ0) is 18.0. The molecule has 0 spiro atoms. The predicted molar refractivity (Wildman–Crippen MR) is 94.6 cm³/mol. The molecule has 1 aliphatic rings. The second-order valence-electron chi connectivity index (χ2n) is 5.73. The summed E-state index contributed by atoms with van der Waals surface area (Å²) in [5.41, 5.74) is 1.93. The minimum absolute atomic E-state index is 0.00312. The SMILES string of the molecule is CCS(=O)(=O)Nc1cccc(C2=NN(C(C)=O)[C@@H](c3ccco3)C2)c1. The topological polar surface area (TPSA) is 92.0 Å². The lowest BCUT2D eigenvalue weighted by Crippen LogP contribution is -2.23. The molecule has 0 saturated heterocycles. The number of furan rings is 1. The molecular formula is C17H19N3O4S. The number of hydrogen-bond donors (Lipinski definition) is 1. The van der Waals surface area contributed by atoms with E-state index < -0.39 is 10.0 Å². The summed E-state index contributed by atoms with van der Waals surface area (Å²) in [6.07, 6.45) is 2.06. The molecule has 132 valence electrons. The van der Waals surface area contributed by atoms with E-state index in [-0.39, 0.29) is 17.7 Å². The largest absolute Gasteiger partial charge is 0.467 e. The average Bonchev–Trinajstić information content (AvgIpc) is 3.24. The van der Waals surface area contributed by atoms with Gasteiger partial charge in [0.2, 0.25) is 15.9 Å². The van der Waals surface area contributed by atoms with Gasteiger partial charge in [0, 0.05) is 19.0 Å². The molecule has 1 aromatic heterocycles. The lowest BCUT2D eigenvalue weighted by Gasteiger charge is -2.17. The smallest absolute Gasteiger partial charge is 0.240 e. The molecule has 0 bridgehead atoms. The van der Waals surface area contributed by atoms with E-state index in [0.29, 0.717) is 23.6 Å². The summed E-state index contributed by atoms with van der Waals surface area (Å²) in [6.45, 7) is 3.03. The van der Waals surface area contributed by atoms with Crippen molar-refractivity contribution in [3.8, 4) is 0 Å². The van der Waals surface area contributed by atoms with Crippen molar-refractivity contribution in [1.82, 2.24) is 5.01 Å². The Bertz CT molecular complexity index is 904. The van der Waals surface area contributed by atoms with E-state index in [2.05, 4.69) is 9.82 Å². The van der Waals surface area contributed by atoms with E-state index in [0.717, 1.165) is 5.56 Å². The first-order valence-electron chi connectivity index (χ1n) is 7.91. The Hall–Kier alpha value is -2.61. The highest BCUT2D eigenvalue weighted by Crippen LogP contribution is 2.33. The Morgan fingerprint density at radius 3 is 2.80 bits per heavy atom. The van der Waals surface area contributed by atoms with Gasteiger partial charge in [0.15, 0.2) is 0 Å². The highest BCUT2D eigenvalue weighted by Gasteiger charge is 2.33. The van der Waals surface area contributed by atoms with Crippen molar-refractivity contribution in [2.45, 2.75) is 26.3 Å². The van der Waals surface area contributed by atoms with Crippen LogP contribution >= 0.6 is 0 Å². The Morgan fingerprint density at radius 2 is 2.16 bits per heavy atom.